The van der Waals surface area contributed by atoms with E-state index in [1.807, 2.05) is 65.4 Å². The smallest absolute Gasteiger partial charge is 0.251 e. The fourth-order valence-electron chi connectivity index (χ4n) is 4.62. The van der Waals surface area contributed by atoms with E-state index in [1.54, 1.807) is 0 Å². The molecule has 1 N–H and O–H groups in total. The van der Waals surface area contributed by atoms with Crippen molar-refractivity contribution in [2.75, 3.05) is 18.9 Å². The molecule has 7 heteroatoms. The molecular formula is C26H30N4O3. The third-order valence-electron chi connectivity index (χ3n) is 6.17. The second-order valence-electron chi connectivity index (χ2n) is 9.09. The molecule has 1 aromatic heterocycles. The van der Waals surface area contributed by atoms with E-state index < -0.39 is 5.79 Å². The van der Waals surface area contributed by atoms with Gasteiger partial charge in [-0.2, -0.15) is 5.10 Å². The van der Waals surface area contributed by atoms with E-state index in [2.05, 4.69) is 22.5 Å². The van der Waals surface area contributed by atoms with Crippen molar-refractivity contribution in [3.8, 4) is 11.5 Å². The van der Waals surface area contributed by atoms with Gasteiger partial charge in [-0.3, -0.25) is 14.4 Å². The number of benzene rings is 2. The van der Waals surface area contributed by atoms with E-state index >= 15 is 0 Å². The van der Waals surface area contributed by atoms with E-state index in [1.165, 1.54) is 12.0 Å². The summed E-state index contributed by atoms with van der Waals surface area (Å²) in [6.07, 6.45) is 9.18. The summed E-state index contributed by atoms with van der Waals surface area (Å²) in [4.78, 5) is 14.6. The summed E-state index contributed by atoms with van der Waals surface area (Å²) in [6, 6.07) is 15.9. The van der Waals surface area contributed by atoms with Crippen LogP contribution in [0, 0.1) is 0 Å². The molecule has 0 radical (unpaired) electrons. The van der Waals surface area contributed by atoms with Crippen molar-refractivity contribution in [2.45, 2.75) is 51.0 Å². The molecule has 1 fully saturated rings. The quantitative estimate of drug-likeness (QED) is 0.581. The first-order chi connectivity index (χ1) is 16.1. The van der Waals surface area contributed by atoms with Gasteiger partial charge < -0.3 is 14.8 Å². The van der Waals surface area contributed by atoms with Crippen LogP contribution in [0.2, 0.25) is 0 Å². The van der Waals surface area contributed by atoms with Crippen molar-refractivity contribution in [3.05, 3.63) is 72.1 Å². The summed E-state index contributed by atoms with van der Waals surface area (Å²) >= 11 is 0. The molecule has 1 amide bonds. The van der Waals surface area contributed by atoms with Crippen molar-refractivity contribution in [2.24, 2.45) is 0 Å². The fraction of sp³-hybridized carbons (Fsp3) is 0.385. The first kappa shape index (κ1) is 21.5. The monoisotopic (exact) mass is 446 g/mol. The van der Waals surface area contributed by atoms with E-state index in [9.17, 15) is 4.79 Å². The van der Waals surface area contributed by atoms with Gasteiger partial charge in [-0.05, 0) is 37.6 Å². The van der Waals surface area contributed by atoms with Gasteiger partial charge in [0.05, 0.1) is 19.3 Å². The maximum absolute atomic E-state index is 12.6. The number of anilines is 1. The highest BCUT2D eigenvalue weighted by Gasteiger charge is 2.42. The first-order valence-electron chi connectivity index (χ1n) is 11.6. The molecule has 7 nitrogen and oxygen atoms in total. The van der Waals surface area contributed by atoms with Crippen molar-refractivity contribution >= 4 is 11.6 Å². The molecule has 33 heavy (non-hydrogen) atoms. The van der Waals surface area contributed by atoms with Gasteiger partial charge in [-0.25, -0.2) is 0 Å². The number of carbonyl (C=O) groups excluding carboxylic acids is 1. The Morgan fingerprint density at radius 3 is 2.67 bits per heavy atom. The Labute approximate surface area is 194 Å². The molecule has 1 aliphatic heterocycles. The molecule has 0 unspecified atom stereocenters. The van der Waals surface area contributed by atoms with Crippen LogP contribution in [0.5, 0.6) is 11.5 Å². The molecule has 172 valence electrons. The number of nitrogens with one attached hydrogen (secondary N) is 1. The third-order valence-corrected chi connectivity index (χ3v) is 6.17. The zero-order valence-corrected chi connectivity index (χ0v) is 19.0. The predicted octanol–water partition coefficient (Wildman–Crippen LogP) is 4.43. The predicted molar refractivity (Wildman–Crippen MR) is 126 cm³/mol. The molecule has 5 rings (SSSR count). The lowest BCUT2D eigenvalue weighted by Crippen LogP contribution is -2.40. The molecule has 1 spiro atoms. The largest absolute Gasteiger partial charge is 0.448 e. The van der Waals surface area contributed by atoms with Crippen LogP contribution < -0.4 is 14.8 Å². The summed E-state index contributed by atoms with van der Waals surface area (Å²) in [5, 5.41) is 7.42. The number of nitrogens with zero attached hydrogens (tertiary/aromatic N) is 3. The van der Waals surface area contributed by atoms with Crippen LogP contribution in [0.15, 0.2) is 60.9 Å². The summed E-state index contributed by atoms with van der Waals surface area (Å²) in [5.41, 5.74) is 3.00. The van der Waals surface area contributed by atoms with Gasteiger partial charge in [-0.1, -0.05) is 36.8 Å². The molecule has 2 heterocycles. The standard InChI is InChI=1S/C26H30N4O3/c1-29(16-21-15-27-30(18-21)17-20-8-4-2-5-9-20)19-25(31)28-22-10-11-23-24(14-22)33-26(32-23)12-6-3-7-13-26/h2,4-5,8-11,14-15,18H,3,6-7,12-13,16-17,19H2,1H3,(H,28,31). The van der Waals surface area contributed by atoms with Crippen LogP contribution in [-0.4, -0.2) is 40.0 Å². The Bertz CT molecular complexity index is 1110. The molecule has 2 aromatic carbocycles. The minimum atomic E-state index is -0.506. The molecular weight excluding hydrogens is 416 g/mol. The van der Waals surface area contributed by atoms with Crippen LogP contribution in [0.4, 0.5) is 5.69 Å². The van der Waals surface area contributed by atoms with Gasteiger partial charge in [0, 0.05) is 42.9 Å². The van der Waals surface area contributed by atoms with Crippen molar-refractivity contribution < 1.29 is 14.3 Å². The maximum Gasteiger partial charge on any atom is 0.251 e. The van der Waals surface area contributed by atoms with Gasteiger partial charge >= 0.3 is 0 Å². The average Bonchev–Trinajstić information content (AvgIpc) is 3.37. The highest BCUT2D eigenvalue weighted by molar-refractivity contribution is 5.92. The van der Waals surface area contributed by atoms with E-state index in [4.69, 9.17) is 9.47 Å². The van der Waals surface area contributed by atoms with Gasteiger partial charge in [-0.15, -0.1) is 0 Å². The zero-order valence-electron chi connectivity index (χ0n) is 19.0. The third kappa shape index (κ3) is 5.20. The number of likely N-dealkylation sites (N-methyl/N-ethyl adjacent to an activating group) is 1. The Morgan fingerprint density at radius 1 is 1.06 bits per heavy atom. The lowest BCUT2D eigenvalue weighted by atomic mass is 9.94. The van der Waals surface area contributed by atoms with Gasteiger partial charge in [0.1, 0.15) is 0 Å². The number of fused-ring (bicyclic) bond motifs is 1. The molecule has 2 aliphatic rings. The molecule has 1 aliphatic carbocycles. The van der Waals surface area contributed by atoms with Gasteiger partial charge in [0.2, 0.25) is 5.91 Å². The van der Waals surface area contributed by atoms with E-state index in [0.717, 1.165) is 49.2 Å². The van der Waals surface area contributed by atoms with Crippen molar-refractivity contribution in [1.29, 1.82) is 0 Å². The second-order valence-corrected chi connectivity index (χ2v) is 9.09. The summed E-state index contributed by atoms with van der Waals surface area (Å²) in [6.45, 7) is 1.66. The van der Waals surface area contributed by atoms with Crippen LogP contribution in [0.1, 0.15) is 43.2 Å². The Hall–Kier alpha value is -3.32. The van der Waals surface area contributed by atoms with Crippen LogP contribution in [0.25, 0.3) is 0 Å². The maximum atomic E-state index is 12.6. The normalized spacial score (nSPS) is 16.3. The molecule has 0 saturated heterocycles. The minimum Gasteiger partial charge on any atom is -0.448 e. The number of hydrogen-bond acceptors (Lipinski definition) is 5. The van der Waals surface area contributed by atoms with Crippen LogP contribution in [0.3, 0.4) is 0 Å². The zero-order chi connectivity index (χ0) is 22.7. The number of ether oxygens (including phenoxy) is 2. The van der Waals surface area contributed by atoms with Crippen LogP contribution >= 0.6 is 0 Å². The lowest BCUT2D eigenvalue weighted by molar-refractivity contribution is -0.117. The topological polar surface area (TPSA) is 68.6 Å². The number of amides is 1. The van der Waals surface area contributed by atoms with Crippen molar-refractivity contribution in [3.63, 3.8) is 0 Å². The van der Waals surface area contributed by atoms with Crippen molar-refractivity contribution in [1.82, 2.24) is 14.7 Å². The highest BCUT2D eigenvalue weighted by atomic mass is 16.7. The Kier molecular flexibility index (Phi) is 6.05. The summed E-state index contributed by atoms with van der Waals surface area (Å²) in [7, 11) is 1.93. The fourth-order valence-corrected chi connectivity index (χ4v) is 4.62. The molecule has 1 saturated carbocycles. The minimum absolute atomic E-state index is 0.0691. The number of rotatable bonds is 7. The van der Waals surface area contributed by atoms with Gasteiger partial charge in [0.15, 0.2) is 11.5 Å². The number of carbonyl (C=O) groups is 1. The van der Waals surface area contributed by atoms with E-state index in [-0.39, 0.29) is 12.5 Å². The number of hydrogen-bond donors (Lipinski definition) is 1. The van der Waals surface area contributed by atoms with Crippen LogP contribution in [-0.2, 0) is 17.9 Å². The lowest BCUT2D eigenvalue weighted by Gasteiger charge is -2.31. The average molecular weight is 447 g/mol. The summed E-state index contributed by atoms with van der Waals surface area (Å²) in [5.74, 6) is 0.905. The highest BCUT2D eigenvalue weighted by Crippen LogP contribution is 2.46. The first-order valence-corrected chi connectivity index (χ1v) is 11.6. The molecule has 0 atom stereocenters. The number of aromatic nitrogens is 2. The van der Waals surface area contributed by atoms with Gasteiger partial charge in [0.25, 0.3) is 5.79 Å². The van der Waals surface area contributed by atoms with E-state index in [0.29, 0.717) is 12.3 Å². The molecule has 3 aromatic rings. The second kappa shape index (κ2) is 9.27. The summed E-state index contributed by atoms with van der Waals surface area (Å²) < 4.78 is 14.2. The Balaban J connectivity index is 1.13. The molecule has 0 bridgehead atoms. The SMILES string of the molecule is CN(CC(=O)Nc1ccc2c(c1)OC1(CCCCC1)O2)Cc1cnn(Cc2ccccc2)c1. The Morgan fingerprint density at radius 2 is 1.85 bits per heavy atom.